The van der Waals surface area contributed by atoms with Crippen LogP contribution in [0.15, 0.2) is 42.5 Å². The highest BCUT2D eigenvalue weighted by molar-refractivity contribution is 5.99. The zero-order valence-corrected chi connectivity index (χ0v) is 11.4. The molecule has 0 heterocycles. The van der Waals surface area contributed by atoms with E-state index in [1.165, 1.54) is 6.07 Å². The minimum Gasteiger partial charge on any atom is -0.316 e. The van der Waals surface area contributed by atoms with Crippen LogP contribution >= 0.6 is 0 Å². The minimum absolute atomic E-state index is 0.0831. The van der Waals surface area contributed by atoms with Crippen LogP contribution in [0.3, 0.4) is 0 Å². The van der Waals surface area contributed by atoms with Crippen molar-refractivity contribution >= 4 is 17.4 Å². The fourth-order valence-corrected chi connectivity index (χ4v) is 1.84. The van der Waals surface area contributed by atoms with E-state index in [1.54, 1.807) is 18.2 Å². The second-order valence-electron chi connectivity index (χ2n) is 4.43. The molecular weight excluding hydrogens is 276 g/mol. The van der Waals surface area contributed by atoms with Crippen molar-refractivity contribution < 1.29 is 13.6 Å². The molecule has 2 aromatic carbocycles. The Morgan fingerprint density at radius 3 is 2.62 bits per heavy atom. The average Bonchev–Trinajstić information content (AvgIpc) is 2.43. The van der Waals surface area contributed by atoms with Crippen LogP contribution < -0.4 is 16.0 Å². The number of carbonyl (C=O) groups is 1. The van der Waals surface area contributed by atoms with E-state index in [2.05, 4.69) is 16.0 Å². The Bertz CT molecular complexity index is 647. The minimum atomic E-state index is -0.825. The quantitative estimate of drug-likeness (QED) is 0.809. The van der Waals surface area contributed by atoms with E-state index < -0.39 is 17.7 Å². The molecule has 0 saturated heterocycles. The van der Waals surface area contributed by atoms with Gasteiger partial charge in [0.05, 0.1) is 5.69 Å². The van der Waals surface area contributed by atoms with Gasteiger partial charge in [0.2, 0.25) is 0 Å². The molecule has 0 saturated carbocycles. The summed E-state index contributed by atoms with van der Waals surface area (Å²) in [5.74, 6) is -1.52. The van der Waals surface area contributed by atoms with Crippen molar-refractivity contribution in [2.24, 2.45) is 0 Å². The maximum atomic E-state index is 13.4. The third-order valence-corrected chi connectivity index (χ3v) is 2.75. The number of halogens is 2. The van der Waals surface area contributed by atoms with Crippen molar-refractivity contribution in [3.8, 4) is 0 Å². The predicted octanol–water partition coefficient (Wildman–Crippen LogP) is 3.33. The Morgan fingerprint density at radius 1 is 1.10 bits per heavy atom. The molecule has 2 rings (SSSR count). The lowest BCUT2D eigenvalue weighted by molar-refractivity contribution is 0.262. The molecule has 110 valence electrons. The molecule has 0 atom stereocenters. The van der Waals surface area contributed by atoms with Crippen LogP contribution in [0.25, 0.3) is 0 Å². The Morgan fingerprint density at radius 2 is 1.90 bits per heavy atom. The van der Waals surface area contributed by atoms with Gasteiger partial charge in [-0.1, -0.05) is 12.1 Å². The van der Waals surface area contributed by atoms with Gasteiger partial charge in [-0.3, -0.25) is 0 Å². The van der Waals surface area contributed by atoms with E-state index in [-0.39, 0.29) is 5.69 Å². The number of urea groups is 1. The van der Waals surface area contributed by atoms with Gasteiger partial charge in [-0.25, -0.2) is 13.6 Å². The number of anilines is 2. The molecular formula is C15H15F2N3O. The molecule has 0 aliphatic rings. The fourth-order valence-electron chi connectivity index (χ4n) is 1.84. The number of amides is 2. The summed E-state index contributed by atoms with van der Waals surface area (Å²) in [5, 5.41) is 7.93. The molecule has 21 heavy (non-hydrogen) atoms. The molecule has 3 N–H and O–H groups in total. The summed E-state index contributed by atoms with van der Waals surface area (Å²) in [6.07, 6.45) is 0. The Hall–Kier alpha value is -2.47. The first kappa shape index (κ1) is 14.9. The van der Waals surface area contributed by atoms with Crippen molar-refractivity contribution in [3.05, 3.63) is 59.7 Å². The van der Waals surface area contributed by atoms with E-state index in [4.69, 9.17) is 0 Å². The first-order valence-corrected chi connectivity index (χ1v) is 6.35. The summed E-state index contributed by atoms with van der Waals surface area (Å²) >= 11 is 0. The maximum Gasteiger partial charge on any atom is 0.323 e. The van der Waals surface area contributed by atoms with Gasteiger partial charge < -0.3 is 16.0 Å². The molecule has 0 radical (unpaired) electrons. The SMILES string of the molecule is CNCc1cccc(NC(=O)Nc2ccc(F)cc2F)c1. The Balaban J connectivity index is 2.02. The van der Waals surface area contributed by atoms with Crippen molar-refractivity contribution in [2.45, 2.75) is 6.54 Å². The van der Waals surface area contributed by atoms with E-state index >= 15 is 0 Å². The first-order valence-electron chi connectivity index (χ1n) is 6.35. The Kier molecular flexibility index (Phi) is 4.84. The third kappa shape index (κ3) is 4.25. The predicted molar refractivity (Wildman–Crippen MR) is 78.2 cm³/mol. The number of rotatable bonds is 4. The molecule has 0 spiro atoms. The van der Waals surface area contributed by atoms with Gasteiger partial charge in [0.25, 0.3) is 0 Å². The van der Waals surface area contributed by atoms with Crippen LogP contribution in [0.4, 0.5) is 25.0 Å². The van der Waals surface area contributed by atoms with E-state index in [0.717, 1.165) is 11.6 Å². The van der Waals surface area contributed by atoms with Gasteiger partial charge in [-0.05, 0) is 36.9 Å². The van der Waals surface area contributed by atoms with Gasteiger partial charge in [-0.2, -0.15) is 0 Å². The molecule has 0 unspecified atom stereocenters. The zero-order chi connectivity index (χ0) is 15.2. The lowest BCUT2D eigenvalue weighted by atomic mass is 10.2. The second kappa shape index (κ2) is 6.81. The highest BCUT2D eigenvalue weighted by Crippen LogP contribution is 2.16. The number of nitrogens with one attached hydrogen (secondary N) is 3. The van der Waals surface area contributed by atoms with E-state index in [9.17, 15) is 13.6 Å². The summed E-state index contributed by atoms with van der Waals surface area (Å²) in [5.41, 5.74) is 1.51. The normalized spacial score (nSPS) is 10.2. The summed E-state index contributed by atoms with van der Waals surface area (Å²) in [7, 11) is 1.82. The highest BCUT2D eigenvalue weighted by Gasteiger charge is 2.08. The average molecular weight is 291 g/mol. The highest BCUT2D eigenvalue weighted by atomic mass is 19.1. The zero-order valence-electron chi connectivity index (χ0n) is 11.4. The standard InChI is InChI=1S/C15H15F2N3O/c1-18-9-10-3-2-4-12(7-10)19-15(21)20-14-6-5-11(16)8-13(14)17/h2-8,18H,9H2,1H3,(H2,19,20,21). The van der Waals surface area contributed by atoms with Crippen LogP contribution in [-0.4, -0.2) is 13.1 Å². The molecule has 4 nitrogen and oxygen atoms in total. The number of benzene rings is 2. The van der Waals surface area contributed by atoms with Crippen molar-refractivity contribution in [2.75, 3.05) is 17.7 Å². The number of hydrogen-bond acceptors (Lipinski definition) is 2. The molecule has 2 aromatic rings. The monoisotopic (exact) mass is 291 g/mol. The summed E-state index contributed by atoms with van der Waals surface area (Å²) in [4.78, 5) is 11.8. The molecule has 0 fully saturated rings. The molecule has 2 amide bonds. The first-order chi connectivity index (χ1) is 10.1. The van der Waals surface area contributed by atoms with Gasteiger partial charge in [0.15, 0.2) is 0 Å². The van der Waals surface area contributed by atoms with Gasteiger partial charge in [0.1, 0.15) is 11.6 Å². The van der Waals surface area contributed by atoms with Crippen molar-refractivity contribution in [1.29, 1.82) is 0 Å². The van der Waals surface area contributed by atoms with Crippen LogP contribution in [0.2, 0.25) is 0 Å². The number of carbonyl (C=O) groups excluding carboxylic acids is 1. The smallest absolute Gasteiger partial charge is 0.316 e. The van der Waals surface area contributed by atoms with Crippen LogP contribution in [0.1, 0.15) is 5.56 Å². The molecule has 0 aliphatic heterocycles. The van der Waals surface area contributed by atoms with E-state index in [0.29, 0.717) is 18.3 Å². The summed E-state index contributed by atoms with van der Waals surface area (Å²) in [6.45, 7) is 0.670. The lowest BCUT2D eigenvalue weighted by Gasteiger charge is -2.09. The summed E-state index contributed by atoms with van der Waals surface area (Å²) in [6, 6.07) is 9.61. The van der Waals surface area contributed by atoms with Gasteiger partial charge in [0, 0.05) is 18.3 Å². The van der Waals surface area contributed by atoms with Gasteiger partial charge >= 0.3 is 6.03 Å². The lowest BCUT2D eigenvalue weighted by Crippen LogP contribution is -2.20. The summed E-state index contributed by atoms with van der Waals surface area (Å²) < 4.78 is 26.2. The maximum absolute atomic E-state index is 13.4. The molecule has 0 aromatic heterocycles. The largest absolute Gasteiger partial charge is 0.323 e. The second-order valence-corrected chi connectivity index (χ2v) is 4.43. The van der Waals surface area contributed by atoms with Crippen LogP contribution in [0, 0.1) is 11.6 Å². The Labute approximate surface area is 121 Å². The topological polar surface area (TPSA) is 53.2 Å². The van der Waals surface area contributed by atoms with Crippen LogP contribution in [-0.2, 0) is 6.54 Å². The van der Waals surface area contributed by atoms with Crippen LogP contribution in [0.5, 0.6) is 0 Å². The fraction of sp³-hybridized carbons (Fsp3) is 0.133. The van der Waals surface area contributed by atoms with Gasteiger partial charge in [-0.15, -0.1) is 0 Å². The van der Waals surface area contributed by atoms with E-state index in [1.807, 2.05) is 13.1 Å². The van der Waals surface area contributed by atoms with Crippen molar-refractivity contribution in [1.82, 2.24) is 5.32 Å². The molecule has 0 aliphatic carbocycles. The third-order valence-electron chi connectivity index (χ3n) is 2.75. The molecule has 6 heteroatoms. The molecule has 0 bridgehead atoms. The number of hydrogen-bond donors (Lipinski definition) is 3. The van der Waals surface area contributed by atoms with Crippen molar-refractivity contribution in [3.63, 3.8) is 0 Å².